The Morgan fingerprint density at radius 3 is 1.39 bits per heavy atom. The van der Waals surface area contributed by atoms with E-state index in [9.17, 15) is 14.4 Å². The van der Waals surface area contributed by atoms with Gasteiger partial charge in [0.05, 0.1) is 0 Å². The summed E-state index contributed by atoms with van der Waals surface area (Å²) in [5.74, 6) is 0.169. The van der Waals surface area contributed by atoms with Crippen LogP contribution in [0.5, 0.6) is 0 Å². The standard InChI is InChI=1S/C26H50N2O11Si2/c1-32-40(33-2,34-3)22-14-18-27-25(30)38-20-12-8-7-10-16-24(29)17-11-9-13-21-39-26(31)28-19-15-23-41(35-4,36-5)37-6/h8-9,12-13H,7,10-11,14-23H2,1-6H3,(H,27,30)(H,28,31)/b12-8+,13-9?. The van der Waals surface area contributed by atoms with Crippen LogP contribution in [-0.2, 0) is 40.8 Å². The summed E-state index contributed by atoms with van der Waals surface area (Å²) in [5, 5.41) is 5.34. The molecule has 0 aromatic carbocycles. The molecule has 0 aliphatic rings. The fourth-order valence-electron chi connectivity index (χ4n) is 3.61. The highest BCUT2D eigenvalue weighted by Gasteiger charge is 2.37. The van der Waals surface area contributed by atoms with E-state index in [4.69, 9.17) is 36.0 Å². The number of ketones is 1. The third kappa shape index (κ3) is 18.8. The Morgan fingerprint density at radius 1 is 0.561 bits per heavy atom. The summed E-state index contributed by atoms with van der Waals surface area (Å²) in [6.07, 6.45) is 10.4. The van der Waals surface area contributed by atoms with Gasteiger partial charge in [0.1, 0.15) is 19.0 Å². The highest BCUT2D eigenvalue weighted by atomic mass is 28.4. The van der Waals surface area contributed by atoms with Crippen molar-refractivity contribution < 1.29 is 50.4 Å². The van der Waals surface area contributed by atoms with Crippen molar-refractivity contribution >= 4 is 35.6 Å². The number of carbonyl (C=O) groups is 3. The molecule has 2 amide bonds. The molecule has 0 aromatic heterocycles. The first-order valence-corrected chi connectivity index (χ1v) is 17.6. The average Bonchev–Trinajstić information content (AvgIpc) is 2.99. The number of hydrogen-bond acceptors (Lipinski definition) is 11. The van der Waals surface area contributed by atoms with Crippen LogP contribution in [0.1, 0.15) is 44.9 Å². The number of carbonyl (C=O) groups excluding carboxylic acids is 3. The Hall–Kier alpha value is -2.12. The molecule has 238 valence electrons. The lowest BCUT2D eigenvalue weighted by atomic mass is 10.1. The van der Waals surface area contributed by atoms with Gasteiger partial charge in [-0.3, -0.25) is 4.79 Å². The van der Waals surface area contributed by atoms with Gasteiger partial charge in [0.15, 0.2) is 0 Å². The van der Waals surface area contributed by atoms with E-state index in [2.05, 4.69) is 10.6 Å². The Balaban J connectivity index is 3.76. The number of alkyl carbamates (subject to hydrolysis) is 2. The van der Waals surface area contributed by atoms with Crippen molar-refractivity contribution in [1.29, 1.82) is 0 Å². The summed E-state index contributed by atoms with van der Waals surface area (Å²) in [5.41, 5.74) is 0. The molecule has 0 unspecified atom stereocenters. The molecule has 0 aromatic rings. The quantitative estimate of drug-likeness (QED) is 0.0874. The van der Waals surface area contributed by atoms with Crippen LogP contribution in [0.2, 0.25) is 12.1 Å². The summed E-state index contributed by atoms with van der Waals surface area (Å²) >= 11 is 0. The van der Waals surface area contributed by atoms with E-state index < -0.39 is 29.8 Å². The van der Waals surface area contributed by atoms with Crippen LogP contribution in [0.4, 0.5) is 9.59 Å². The normalized spacial score (nSPS) is 12.1. The first kappa shape index (κ1) is 38.9. The number of ether oxygens (including phenoxy) is 2. The molecule has 0 heterocycles. The van der Waals surface area contributed by atoms with Crippen molar-refractivity contribution in [3.05, 3.63) is 24.3 Å². The van der Waals surface area contributed by atoms with E-state index in [1.165, 1.54) is 0 Å². The van der Waals surface area contributed by atoms with Crippen LogP contribution in [0.25, 0.3) is 0 Å². The number of allylic oxidation sites excluding steroid dienone is 2. The van der Waals surface area contributed by atoms with E-state index in [-0.39, 0.29) is 19.0 Å². The number of hydrogen-bond donors (Lipinski definition) is 2. The maximum Gasteiger partial charge on any atom is 0.500 e. The summed E-state index contributed by atoms with van der Waals surface area (Å²) in [7, 11) is 4.03. The fraction of sp³-hybridized carbons (Fsp3) is 0.731. The Bertz CT molecular complexity index is 760. The van der Waals surface area contributed by atoms with Crippen molar-refractivity contribution in [3.63, 3.8) is 0 Å². The second-order valence-electron chi connectivity index (χ2n) is 8.76. The van der Waals surface area contributed by atoms with Crippen LogP contribution >= 0.6 is 0 Å². The van der Waals surface area contributed by atoms with E-state index >= 15 is 0 Å². The minimum absolute atomic E-state index is 0.134. The lowest BCUT2D eigenvalue weighted by Crippen LogP contribution is -2.43. The van der Waals surface area contributed by atoms with Gasteiger partial charge in [-0.25, -0.2) is 9.59 Å². The van der Waals surface area contributed by atoms with Gasteiger partial charge in [-0.15, -0.1) is 0 Å². The van der Waals surface area contributed by atoms with Gasteiger partial charge in [0, 0.05) is 80.7 Å². The lowest BCUT2D eigenvalue weighted by molar-refractivity contribution is -0.119. The zero-order chi connectivity index (χ0) is 30.8. The minimum atomic E-state index is -2.63. The van der Waals surface area contributed by atoms with Crippen molar-refractivity contribution in [2.45, 2.75) is 57.0 Å². The van der Waals surface area contributed by atoms with Gasteiger partial charge < -0.3 is 46.7 Å². The van der Waals surface area contributed by atoms with Gasteiger partial charge in [-0.05, 0) is 32.1 Å². The molecular weight excluding hydrogens is 572 g/mol. The van der Waals surface area contributed by atoms with Gasteiger partial charge in [0.25, 0.3) is 0 Å². The van der Waals surface area contributed by atoms with Gasteiger partial charge in [0.2, 0.25) is 0 Å². The van der Waals surface area contributed by atoms with Crippen LogP contribution < -0.4 is 10.6 Å². The van der Waals surface area contributed by atoms with Gasteiger partial charge in [-0.1, -0.05) is 24.3 Å². The molecule has 0 fully saturated rings. The highest BCUT2D eigenvalue weighted by Crippen LogP contribution is 2.15. The Morgan fingerprint density at radius 2 is 0.976 bits per heavy atom. The summed E-state index contributed by atoms with van der Waals surface area (Å²) in [4.78, 5) is 35.5. The van der Waals surface area contributed by atoms with Crippen molar-refractivity contribution in [1.82, 2.24) is 10.6 Å². The van der Waals surface area contributed by atoms with Gasteiger partial charge >= 0.3 is 29.8 Å². The van der Waals surface area contributed by atoms with E-state index in [1.54, 1.807) is 54.8 Å². The van der Waals surface area contributed by atoms with E-state index in [1.807, 2.05) is 12.2 Å². The van der Waals surface area contributed by atoms with Crippen molar-refractivity contribution in [2.24, 2.45) is 0 Å². The molecule has 0 saturated carbocycles. The number of rotatable bonds is 25. The number of nitrogens with one attached hydrogen (secondary N) is 2. The molecule has 0 atom stereocenters. The first-order valence-electron chi connectivity index (χ1n) is 13.7. The smallest absolute Gasteiger partial charge is 0.445 e. The van der Waals surface area contributed by atoms with E-state index in [0.29, 0.717) is 57.3 Å². The zero-order valence-electron chi connectivity index (χ0n) is 25.5. The predicted octanol–water partition coefficient (Wildman–Crippen LogP) is 3.61. The summed E-state index contributed by atoms with van der Waals surface area (Å²) < 4.78 is 42.1. The van der Waals surface area contributed by atoms with E-state index in [0.717, 1.165) is 12.8 Å². The SMILES string of the molecule is CO[Si](CCCNC(=O)OCC=CCCC(=O)CCC/C=C/COC(=O)NCCC[Si](OC)(OC)OC)(OC)OC. The minimum Gasteiger partial charge on any atom is -0.445 e. The van der Waals surface area contributed by atoms with Crippen molar-refractivity contribution in [2.75, 3.05) is 69.0 Å². The topological polar surface area (TPSA) is 149 Å². The van der Waals surface area contributed by atoms with Crippen LogP contribution in [0.3, 0.4) is 0 Å². The van der Waals surface area contributed by atoms with Crippen LogP contribution in [-0.4, -0.2) is 105 Å². The molecule has 0 spiro atoms. The molecular formula is C26H50N2O11Si2. The molecule has 0 rings (SSSR count). The molecule has 0 bridgehead atoms. The van der Waals surface area contributed by atoms with Crippen LogP contribution in [0.15, 0.2) is 24.3 Å². The Kier molecular flexibility index (Phi) is 23.2. The molecule has 0 aliphatic carbocycles. The Labute approximate surface area is 246 Å². The van der Waals surface area contributed by atoms with Crippen LogP contribution in [0, 0.1) is 0 Å². The summed E-state index contributed by atoms with van der Waals surface area (Å²) in [6.45, 7) is 1.14. The molecule has 0 radical (unpaired) electrons. The second kappa shape index (κ2) is 24.5. The third-order valence-corrected chi connectivity index (χ3v) is 11.8. The molecule has 2 N–H and O–H groups in total. The molecule has 15 heteroatoms. The number of Topliss-reactive ketones (excluding diaryl/α,β-unsaturated/α-hetero) is 1. The zero-order valence-corrected chi connectivity index (χ0v) is 27.5. The highest BCUT2D eigenvalue weighted by molar-refractivity contribution is 6.60. The number of amides is 2. The third-order valence-electron chi connectivity index (χ3n) is 6.10. The molecule has 0 aliphatic heterocycles. The summed E-state index contributed by atoms with van der Waals surface area (Å²) in [6, 6.07) is 1.17. The maximum absolute atomic E-state index is 12.0. The molecule has 13 nitrogen and oxygen atoms in total. The molecule has 0 saturated heterocycles. The first-order chi connectivity index (χ1) is 19.8. The van der Waals surface area contributed by atoms with Gasteiger partial charge in [-0.2, -0.15) is 0 Å². The number of unbranched alkanes of at least 4 members (excludes halogenated alkanes) is 1. The largest absolute Gasteiger partial charge is 0.500 e. The molecule has 41 heavy (non-hydrogen) atoms. The second-order valence-corrected chi connectivity index (χ2v) is 14.9. The predicted molar refractivity (Wildman–Crippen MR) is 157 cm³/mol. The van der Waals surface area contributed by atoms with Crippen molar-refractivity contribution in [3.8, 4) is 0 Å². The maximum atomic E-state index is 12.0. The monoisotopic (exact) mass is 622 g/mol. The fourth-order valence-corrected chi connectivity index (χ4v) is 7.06. The lowest BCUT2D eigenvalue weighted by Gasteiger charge is -2.24. The average molecular weight is 623 g/mol.